The second-order valence-corrected chi connectivity index (χ2v) is 3.07. The molecule has 2 nitrogen and oxygen atoms in total. The average Bonchev–Trinajstić information content (AvgIpc) is 1.94. The third-order valence-corrected chi connectivity index (χ3v) is 1.71. The second-order valence-electron chi connectivity index (χ2n) is 3.07. The van der Waals surface area contributed by atoms with Gasteiger partial charge in [-0.3, -0.25) is 0 Å². The highest BCUT2D eigenvalue weighted by molar-refractivity contribution is 5.48. The van der Waals surface area contributed by atoms with Crippen molar-refractivity contribution in [1.29, 1.82) is 0 Å². The Kier molecular flexibility index (Phi) is 2.15. The molecular formula is C9H10F2O2. The van der Waals surface area contributed by atoms with Crippen LogP contribution in [0.3, 0.4) is 0 Å². The maximum atomic E-state index is 12.8. The van der Waals surface area contributed by atoms with Crippen LogP contribution in [-0.4, -0.2) is 10.2 Å². The molecule has 2 N–H and O–H groups in total. The Morgan fingerprint density at radius 3 is 2.23 bits per heavy atom. The van der Waals surface area contributed by atoms with Crippen molar-refractivity contribution in [2.24, 2.45) is 0 Å². The van der Waals surface area contributed by atoms with Gasteiger partial charge in [-0.05, 0) is 24.6 Å². The van der Waals surface area contributed by atoms with Gasteiger partial charge in [0.25, 0.3) is 5.92 Å². The largest absolute Gasteiger partial charge is 0.504 e. The van der Waals surface area contributed by atoms with Gasteiger partial charge in [-0.25, -0.2) is 8.78 Å². The molecule has 0 heterocycles. The van der Waals surface area contributed by atoms with Crippen LogP contribution in [-0.2, 0) is 5.92 Å². The van der Waals surface area contributed by atoms with Gasteiger partial charge in [0, 0.05) is 6.92 Å². The first kappa shape index (κ1) is 9.77. The Hall–Kier alpha value is -1.32. The first-order chi connectivity index (χ1) is 5.82. The van der Waals surface area contributed by atoms with E-state index in [4.69, 9.17) is 10.2 Å². The molecule has 0 spiro atoms. The van der Waals surface area contributed by atoms with E-state index in [0.717, 1.165) is 6.07 Å². The van der Waals surface area contributed by atoms with Crippen molar-refractivity contribution >= 4 is 0 Å². The number of phenolic OH excluding ortho intramolecular Hbond substituents is 2. The number of rotatable bonds is 1. The molecule has 4 heteroatoms. The number of phenols is 2. The minimum absolute atomic E-state index is 0.479. The molecule has 0 aromatic heterocycles. The molecule has 13 heavy (non-hydrogen) atoms. The summed E-state index contributed by atoms with van der Waals surface area (Å²) < 4.78 is 25.6. The topological polar surface area (TPSA) is 40.5 Å². The summed E-state index contributed by atoms with van der Waals surface area (Å²) in [7, 11) is 0. The van der Waals surface area contributed by atoms with Crippen LogP contribution in [0.4, 0.5) is 8.78 Å². The Morgan fingerprint density at radius 1 is 1.23 bits per heavy atom. The lowest BCUT2D eigenvalue weighted by Crippen LogP contribution is -2.07. The van der Waals surface area contributed by atoms with E-state index in [2.05, 4.69) is 0 Å². The molecule has 0 amide bonds. The average molecular weight is 188 g/mol. The molecule has 0 unspecified atom stereocenters. The summed E-state index contributed by atoms with van der Waals surface area (Å²) in [5.41, 5.74) is -0.0724. The van der Waals surface area contributed by atoms with Crippen LogP contribution in [0.5, 0.6) is 11.5 Å². The fourth-order valence-electron chi connectivity index (χ4n) is 1.09. The summed E-state index contributed by atoms with van der Waals surface area (Å²) in [6.07, 6.45) is 0. The van der Waals surface area contributed by atoms with Crippen molar-refractivity contribution in [1.82, 2.24) is 0 Å². The van der Waals surface area contributed by atoms with Crippen molar-refractivity contribution in [2.75, 3.05) is 0 Å². The molecule has 1 aromatic rings. The monoisotopic (exact) mass is 188 g/mol. The first-order valence-corrected chi connectivity index (χ1v) is 3.73. The van der Waals surface area contributed by atoms with E-state index in [0.29, 0.717) is 12.5 Å². The Labute approximate surface area is 74.4 Å². The number of benzene rings is 1. The summed E-state index contributed by atoms with van der Waals surface area (Å²) in [5.74, 6) is -4.41. The summed E-state index contributed by atoms with van der Waals surface area (Å²) >= 11 is 0. The van der Waals surface area contributed by atoms with E-state index in [-0.39, 0.29) is 0 Å². The lowest BCUT2D eigenvalue weighted by molar-refractivity contribution is 0.0147. The van der Waals surface area contributed by atoms with E-state index < -0.39 is 23.0 Å². The maximum absolute atomic E-state index is 12.8. The minimum atomic E-state index is -3.15. The molecule has 0 radical (unpaired) electrons. The van der Waals surface area contributed by atoms with Crippen LogP contribution in [0.15, 0.2) is 12.1 Å². The van der Waals surface area contributed by atoms with E-state index in [9.17, 15) is 8.78 Å². The zero-order valence-corrected chi connectivity index (χ0v) is 7.31. The number of alkyl halides is 2. The van der Waals surface area contributed by atoms with Gasteiger partial charge in [0.2, 0.25) is 0 Å². The third-order valence-electron chi connectivity index (χ3n) is 1.71. The van der Waals surface area contributed by atoms with E-state index in [1.54, 1.807) is 6.92 Å². The van der Waals surface area contributed by atoms with E-state index in [1.165, 1.54) is 6.07 Å². The van der Waals surface area contributed by atoms with Gasteiger partial charge < -0.3 is 10.2 Å². The van der Waals surface area contributed by atoms with Gasteiger partial charge in [-0.1, -0.05) is 0 Å². The summed E-state index contributed by atoms with van der Waals surface area (Å²) in [6, 6.07) is 2.37. The van der Waals surface area contributed by atoms with Gasteiger partial charge >= 0.3 is 0 Å². The Balaban J connectivity index is 3.37. The molecule has 0 atom stereocenters. The lowest BCUT2D eigenvalue weighted by Gasteiger charge is -2.13. The highest BCUT2D eigenvalue weighted by Crippen LogP contribution is 2.39. The van der Waals surface area contributed by atoms with Crippen LogP contribution in [0.25, 0.3) is 0 Å². The molecule has 0 aliphatic heterocycles. The molecule has 0 bridgehead atoms. The predicted molar refractivity (Wildman–Crippen MR) is 44.1 cm³/mol. The van der Waals surface area contributed by atoms with E-state index in [1.807, 2.05) is 0 Å². The first-order valence-electron chi connectivity index (χ1n) is 3.73. The number of aryl methyl sites for hydroxylation is 1. The van der Waals surface area contributed by atoms with Crippen molar-refractivity contribution in [3.05, 3.63) is 23.3 Å². The summed E-state index contributed by atoms with van der Waals surface area (Å²) in [5, 5.41) is 18.2. The highest BCUT2D eigenvalue weighted by atomic mass is 19.3. The smallest absolute Gasteiger partial charge is 0.274 e. The van der Waals surface area contributed by atoms with Crippen LogP contribution in [0.1, 0.15) is 18.1 Å². The Bertz CT molecular complexity index is 329. The van der Waals surface area contributed by atoms with Crippen molar-refractivity contribution in [3.63, 3.8) is 0 Å². The van der Waals surface area contributed by atoms with Gasteiger partial charge in [0.05, 0.1) is 5.56 Å². The van der Waals surface area contributed by atoms with Crippen molar-refractivity contribution in [3.8, 4) is 11.5 Å². The van der Waals surface area contributed by atoms with Crippen molar-refractivity contribution in [2.45, 2.75) is 19.8 Å². The molecule has 0 saturated carbocycles. The van der Waals surface area contributed by atoms with Crippen LogP contribution < -0.4 is 0 Å². The molecule has 72 valence electrons. The van der Waals surface area contributed by atoms with Crippen LogP contribution >= 0.6 is 0 Å². The molecule has 0 fully saturated rings. The fraction of sp³-hybridized carbons (Fsp3) is 0.333. The third kappa shape index (κ3) is 1.88. The van der Waals surface area contributed by atoms with E-state index >= 15 is 0 Å². The van der Waals surface area contributed by atoms with Crippen LogP contribution in [0.2, 0.25) is 0 Å². The number of hydrogen-bond acceptors (Lipinski definition) is 2. The zero-order chi connectivity index (χ0) is 10.2. The summed E-state index contributed by atoms with van der Waals surface area (Å²) in [4.78, 5) is 0. The molecular weight excluding hydrogens is 178 g/mol. The lowest BCUT2D eigenvalue weighted by atomic mass is 10.0. The Morgan fingerprint density at radius 2 is 1.77 bits per heavy atom. The van der Waals surface area contributed by atoms with Gasteiger partial charge in [-0.15, -0.1) is 0 Å². The number of aromatic hydroxyl groups is 2. The predicted octanol–water partition coefficient (Wildman–Crippen LogP) is 2.52. The van der Waals surface area contributed by atoms with Gasteiger partial charge in [0.1, 0.15) is 0 Å². The zero-order valence-electron chi connectivity index (χ0n) is 7.31. The number of hydrogen-bond donors (Lipinski definition) is 2. The minimum Gasteiger partial charge on any atom is -0.504 e. The maximum Gasteiger partial charge on any atom is 0.274 e. The molecule has 1 aromatic carbocycles. The molecule has 0 aliphatic rings. The second kappa shape index (κ2) is 2.87. The normalized spacial score (nSPS) is 11.7. The standard InChI is InChI=1S/C9H10F2O2/c1-5-3-6(9(2,10)11)8(13)7(12)4-5/h3-4,12-13H,1-2H3. The quantitative estimate of drug-likeness (QED) is 0.665. The van der Waals surface area contributed by atoms with Gasteiger partial charge in [0.15, 0.2) is 11.5 Å². The van der Waals surface area contributed by atoms with Crippen molar-refractivity contribution < 1.29 is 19.0 Å². The van der Waals surface area contributed by atoms with Gasteiger partial charge in [-0.2, -0.15) is 0 Å². The highest BCUT2D eigenvalue weighted by Gasteiger charge is 2.29. The molecule has 0 saturated heterocycles. The molecule has 1 rings (SSSR count). The SMILES string of the molecule is Cc1cc(O)c(O)c(C(C)(F)F)c1. The van der Waals surface area contributed by atoms with Crippen LogP contribution in [0, 0.1) is 6.92 Å². The summed E-state index contributed by atoms with van der Waals surface area (Å²) in [6.45, 7) is 2.23. The molecule has 0 aliphatic carbocycles. The fourth-order valence-corrected chi connectivity index (χ4v) is 1.09. The number of halogens is 2.